The number of halogens is 4. The number of carboxylic acids is 1. The topological polar surface area (TPSA) is 149 Å². The monoisotopic (exact) mass is 527 g/mol. The number of aromatic nitrogens is 2. The number of aromatic carboxylic acids is 1. The lowest BCUT2D eigenvalue weighted by Gasteiger charge is -2.26. The molecule has 36 heavy (non-hydrogen) atoms. The fourth-order valence-electron chi connectivity index (χ4n) is 4.33. The number of amides is 1. The van der Waals surface area contributed by atoms with E-state index in [1.54, 1.807) is 12.1 Å². The van der Waals surface area contributed by atoms with Gasteiger partial charge in [0, 0.05) is 18.6 Å². The minimum atomic E-state index is -4.82. The van der Waals surface area contributed by atoms with Crippen molar-refractivity contribution in [2.75, 3.05) is 12.3 Å². The minimum Gasteiger partial charge on any atom is -0.477 e. The highest BCUT2D eigenvalue weighted by Crippen LogP contribution is 2.48. The predicted octanol–water partition coefficient (Wildman–Crippen LogP) is 3.79. The van der Waals surface area contributed by atoms with Crippen LogP contribution in [0.5, 0.6) is 0 Å². The molecule has 0 bridgehead atoms. The van der Waals surface area contributed by atoms with Crippen molar-refractivity contribution in [3.63, 3.8) is 0 Å². The molecule has 1 aliphatic carbocycles. The second kappa shape index (κ2) is 9.50. The Hall–Kier alpha value is -3.52. The second-order valence-electron chi connectivity index (χ2n) is 8.42. The van der Waals surface area contributed by atoms with Crippen molar-refractivity contribution >= 4 is 28.3 Å². The number of nitrogens with zero attached hydrogens (tertiary/aromatic N) is 3. The summed E-state index contributed by atoms with van der Waals surface area (Å²) in [5, 5.41) is 11.6. The maximum Gasteiger partial charge on any atom is 0.453 e. The maximum atomic E-state index is 13.5. The smallest absolute Gasteiger partial charge is 0.453 e. The van der Waals surface area contributed by atoms with Crippen molar-refractivity contribution in [1.82, 2.24) is 15.0 Å². The summed E-state index contributed by atoms with van der Waals surface area (Å²) in [5.74, 6) is -3.20. The van der Waals surface area contributed by atoms with Crippen LogP contribution in [-0.2, 0) is 6.18 Å². The van der Waals surface area contributed by atoms with E-state index in [-0.39, 0.29) is 29.5 Å². The summed E-state index contributed by atoms with van der Waals surface area (Å²) in [4.78, 5) is 30.1. The van der Waals surface area contributed by atoms with E-state index < -0.39 is 23.5 Å². The first kappa shape index (κ1) is 25.6. The molecule has 1 aromatic carbocycles. The molecule has 1 amide bonds. The first-order valence-electron chi connectivity index (χ1n) is 10.7. The standard InChI is InChI=1S/C16H17FN4OS.C6H4F3NO3/c17-10-3-1-2-8(4-10)14-13(20-16(19)23-14)15(22)21-11(7-18)5-9-6-12(9)21;1-2-3(5(11)12)4(13-10-2)6(7,8)9/h1-4,9,11-12H,5-7,18H2,(H2,19,20);1H3,(H,11,12)/t9-,11+,12+;/m1./s1. The number of nitrogen functional groups attached to an aromatic ring is 1. The van der Waals surface area contributed by atoms with Gasteiger partial charge in [-0.25, -0.2) is 14.2 Å². The molecule has 14 heteroatoms. The first-order chi connectivity index (χ1) is 16.9. The molecule has 2 fully saturated rings. The zero-order chi connectivity index (χ0) is 26.4. The lowest BCUT2D eigenvalue weighted by atomic mass is 10.1. The molecule has 0 radical (unpaired) electrons. The number of anilines is 1. The molecular formula is C22H21F4N5O4S. The Balaban J connectivity index is 0.000000200. The van der Waals surface area contributed by atoms with E-state index in [1.807, 2.05) is 4.90 Å². The fraction of sp³-hybridized carbons (Fsp3) is 0.364. The summed E-state index contributed by atoms with van der Waals surface area (Å²) in [6, 6.07) is 6.48. The molecule has 2 aromatic heterocycles. The number of carbonyl (C=O) groups excluding carboxylic acids is 1. The number of piperidine rings is 1. The molecule has 5 rings (SSSR count). The predicted molar refractivity (Wildman–Crippen MR) is 121 cm³/mol. The van der Waals surface area contributed by atoms with Crippen LogP contribution < -0.4 is 11.5 Å². The molecule has 0 unspecified atom stereocenters. The molecule has 1 aliphatic heterocycles. The summed E-state index contributed by atoms with van der Waals surface area (Å²) in [5.41, 5.74) is 11.3. The van der Waals surface area contributed by atoms with Crippen LogP contribution in [0.1, 0.15) is 45.1 Å². The molecular weight excluding hydrogens is 506 g/mol. The second-order valence-corrected chi connectivity index (χ2v) is 9.45. The molecule has 2 aliphatic rings. The van der Waals surface area contributed by atoms with Gasteiger partial charge in [-0.05, 0) is 43.4 Å². The highest BCUT2D eigenvalue weighted by Gasteiger charge is 2.54. The van der Waals surface area contributed by atoms with Crippen LogP contribution in [-0.4, -0.2) is 50.7 Å². The normalized spacial score (nSPS) is 20.5. The van der Waals surface area contributed by atoms with Gasteiger partial charge in [0.15, 0.2) is 5.13 Å². The third-order valence-corrected chi connectivity index (χ3v) is 6.92. The Morgan fingerprint density at radius 3 is 2.61 bits per heavy atom. The minimum absolute atomic E-state index is 0.0644. The molecule has 3 atom stereocenters. The van der Waals surface area contributed by atoms with Gasteiger partial charge in [0.2, 0.25) is 0 Å². The largest absolute Gasteiger partial charge is 0.477 e. The van der Waals surface area contributed by atoms with Gasteiger partial charge in [-0.15, -0.1) is 0 Å². The SMILES string of the molecule is Cc1noc(C(F)(F)F)c1C(=O)O.NC[C@@H]1C[C@@H]2C[C@@H]2N1C(=O)c1nc(N)sc1-c1cccc(F)c1. The fourth-order valence-corrected chi connectivity index (χ4v) is 5.15. The zero-order valence-electron chi connectivity index (χ0n) is 18.8. The highest BCUT2D eigenvalue weighted by molar-refractivity contribution is 7.19. The quantitative estimate of drug-likeness (QED) is 0.434. The first-order valence-corrected chi connectivity index (χ1v) is 11.6. The average molecular weight is 528 g/mol. The number of rotatable bonds is 4. The summed E-state index contributed by atoms with van der Waals surface area (Å²) in [7, 11) is 0. The van der Waals surface area contributed by atoms with Gasteiger partial charge in [0.25, 0.3) is 11.7 Å². The van der Waals surface area contributed by atoms with Crippen molar-refractivity contribution in [3.8, 4) is 10.4 Å². The van der Waals surface area contributed by atoms with Crippen LogP contribution in [0.3, 0.4) is 0 Å². The molecule has 5 N–H and O–H groups in total. The van der Waals surface area contributed by atoms with Gasteiger partial charge in [0.1, 0.15) is 17.1 Å². The van der Waals surface area contributed by atoms with Gasteiger partial charge >= 0.3 is 12.1 Å². The van der Waals surface area contributed by atoms with Gasteiger partial charge in [-0.2, -0.15) is 13.2 Å². The highest BCUT2D eigenvalue weighted by atomic mass is 32.1. The van der Waals surface area contributed by atoms with Gasteiger partial charge in [-0.3, -0.25) is 4.79 Å². The number of fused-ring (bicyclic) bond motifs is 1. The van der Waals surface area contributed by atoms with Gasteiger partial charge in [0.05, 0.1) is 10.6 Å². The Bertz CT molecular complexity index is 1310. The number of likely N-dealkylation sites (tertiary alicyclic amines) is 1. The van der Waals surface area contributed by atoms with E-state index in [1.165, 1.54) is 23.5 Å². The van der Waals surface area contributed by atoms with Gasteiger partial charge < -0.3 is 26.0 Å². The van der Waals surface area contributed by atoms with E-state index in [0.29, 0.717) is 33.7 Å². The molecule has 3 heterocycles. The van der Waals surface area contributed by atoms with Crippen LogP contribution >= 0.6 is 11.3 Å². The Morgan fingerprint density at radius 1 is 1.31 bits per heavy atom. The van der Waals surface area contributed by atoms with Crippen molar-refractivity contribution in [3.05, 3.63) is 52.8 Å². The number of alkyl halides is 3. The third kappa shape index (κ3) is 4.91. The van der Waals surface area contributed by atoms with Crippen LogP contribution in [0.2, 0.25) is 0 Å². The molecule has 1 saturated carbocycles. The zero-order valence-corrected chi connectivity index (χ0v) is 19.6. The number of nitrogens with two attached hydrogens (primary N) is 2. The van der Waals surface area contributed by atoms with Crippen molar-refractivity contribution in [2.24, 2.45) is 11.7 Å². The molecule has 3 aromatic rings. The molecule has 9 nitrogen and oxygen atoms in total. The number of hydrogen-bond donors (Lipinski definition) is 3. The van der Waals surface area contributed by atoms with Crippen LogP contribution in [0.15, 0.2) is 28.8 Å². The van der Waals surface area contributed by atoms with E-state index in [4.69, 9.17) is 16.6 Å². The Labute approximate surface area is 205 Å². The summed E-state index contributed by atoms with van der Waals surface area (Å²) >= 11 is 1.21. The number of hydrogen-bond acceptors (Lipinski definition) is 8. The van der Waals surface area contributed by atoms with Crippen LogP contribution in [0, 0.1) is 18.7 Å². The number of benzene rings is 1. The summed E-state index contributed by atoms with van der Waals surface area (Å²) in [6.07, 6.45) is -2.83. The maximum absolute atomic E-state index is 13.5. The van der Waals surface area contributed by atoms with E-state index in [2.05, 4.69) is 14.7 Å². The number of thiazole rings is 1. The number of carbonyl (C=O) groups is 2. The third-order valence-electron chi connectivity index (χ3n) is 5.98. The Morgan fingerprint density at radius 2 is 2.03 bits per heavy atom. The van der Waals surface area contributed by atoms with Crippen LogP contribution in [0.25, 0.3) is 10.4 Å². The molecule has 1 saturated heterocycles. The number of aryl methyl sites for hydroxylation is 1. The summed E-state index contributed by atoms with van der Waals surface area (Å²) in [6.45, 7) is 1.58. The van der Waals surface area contributed by atoms with Crippen LogP contribution in [0.4, 0.5) is 22.7 Å². The van der Waals surface area contributed by atoms with Crippen molar-refractivity contribution in [2.45, 2.75) is 38.0 Å². The van der Waals surface area contributed by atoms with E-state index >= 15 is 0 Å². The lowest BCUT2D eigenvalue weighted by molar-refractivity contribution is -0.156. The molecule has 0 spiro atoms. The van der Waals surface area contributed by atoms with Crippen molar-refractivity contribution in [1.29, 1.82) is 0 Å². The summed E-state index contributed by atoms with van der Waals surface area (Å²) < 4.78 is 53.5. The molecule has 192 valence electrons. The lowest BCUT2D eigenvalue weighted by Crippen LogP contribution is -2.42. The number of carboxylic acid groups (broad SMARTS) is 1. The van der Waals surface area contributed by atoms with Gasteiger partial charge in [-0.1, -0.05) is 28.6 Å². The van der Waals surface area contributed by atoms with E-state index in [9.17, 15) is 27.2 Å². The van der Waals surface area contributed by atoms with E-state index in [0.717, 1.165) is 19.8 Å². The van der Waals surface area contributed by atoms with Crippen molar-refractivity contribution < 1.29 is 36.8 Å². The Kier molecular flexibility index (Phi) is 6.75. The average Bonchev–Trinajstić information content (AvgIpc) is 3.12.